The highest BCUT2D eigenvalue weighted by Gasteiger charge is 2.43. The molecule has 5 heteroatoms. The number of hydrogen-bond donors (Lipinski definition) is 1. The summed E-state index contributed by atoms with van der Waals surface area (Å²) in [4.78, 5) is 14.2. The van der Waals surface area contributed by atoms with Crippen molar-refractivity contribution in [3.05, 3.63) is 24.3 Å². The molecule has 0 radical (unpaired) electrons. The summed E-state index contributed by atoms with van der Waals surface area (Å²) in [5, 5.41) is 9.71. The zero-order valence-electron chi connectivity index (χ0n) is 13.8. The molecule has 23 heavy (non-hydrogen) atoms. The van der Waals surface area contributed by atoms with Gasteiger partial charge in [0.2, 0.25) is 0 Å². The summed E-state index contributed by atoms with van der Waals surface area (Å²) in [5.41, 5.74) is 0. The van der Waals surface area contributed by atoms with Gasteiger partial charge in [0.05, 0.1) is 13.2 Å². The van der Waals surface area contributed by atoms with Crippen molar-refractivity contribution in [2.75, 3.05) is 20.8 Å². The van der Waals surface area contributed by atoms with Crippen LogP contribution in [-0.2, 0) is 4.79 Å². The van der Waals surface area contributed by atoms with Gasteiger partial charge < -0.3 is 19.5 Å². The maximum absolute atomic E-state index is 12.4. The molecule has 0 spiro atoms. The molecule has 0 saturated heterocycles. The summed E-state index contributed by atoms with van der Waals surface area (Å²) in [6, 6.07) is 7.54. The monoisotopic (exact) mass is 319 g/mol. The highest BCUT2D eigenvalue weighted by molar-refractivity contribution is 5.77. The van der Waals surface area contributed by atoms with Crippen molar-refractivity contribution in [3.8, 4) is 11.5 Å². The van der Waals surface area contributed by atoms with Gasteiger partial charge in [0.25, 0.3) is 5.91 Å². The predicted octanol–water partition coefficient (Wildman–Crippen LogP) is 2.08. The molecule has 0 bridgehead atoms. The third-order valence-corrected chi connectivity index (χ3v) is 5.31. The van der Waals surface area contributed by atoms with E-state index in [4.69, 9.17) is 9.47 Å². The predicted molar refractivity (Wildman–Crippen MR) is 86.5 cm³/mol. The largest absolute Gasteiger partial charge is 0.497 e. The lowest BCUT2D eigenvalue weighted by Gasteiger charge is -2.25. The van der Waals surface area contributed by atoms with Gasteiger partial charge in [0.15, 0.2) is 6.61 Å². The first-order chi connectivity index (χ1) is 11.1. The number of aliphatic hydroxyl groups excluding tert-OH is 1. The maximum Gasteiger partial charge on any atom is 0.260 e. The van der Waals surface area contributed by atoms with E-state index in [1.165, 1.54) is 0 Å². The van der Waals surface area contributed by atoms with E-state index < -0.39 is 0 Å². The lowest BCUT2D eigenvalue weighted by Crippen LogP contribution is -2.39. The molecule has 2 saturated carbocycles. The van der Waals surface area contributed by atoms with Gasteiger partial charge in [-0.1, -0.05) is 6.07 Å². The standard InChI is InChI=1S/C18H25NO4/c1-19(14-6-12-8-15(20)9-13(12)7-14)18(21)11-23-17-5-3-4-16(10-17)22-2/h3-5,10,12-15,20H,6-9,11H2,1-2H3/t12-,13+,14?,15?. The van der Waals surface area contributed by atoms with Crippen molar-refractivity contribution in [1.29, 1.82) is 0 Å². The van der Waals surface area contributed by atoms with Crippen molar-refractivity contribution in [3.63, 3.8) is 0 Å². The van der Waals surface area contributed by atoms with Gasteiger partial charge in [-0.2, -0.15) is 0 Å². The van der Waals surface area contributed by atoms with Gasteiger partial charge in [-0.25, -0.2) is 0 Å². The molecule has 0 heterocycles. The lowest BCUT2D eigenvalue weighted by molar-refractivity contribution is -0.134. The van der Waals surface area contributed by atoms with Crippen molar-refractivity contribution in [1.82, 2.24) is 4.90 Å². The summed E-state index contributed by atoms with van der Waals surface area (Å²) in [7, 11) is 3.46. The number of amides is 1. The first-order valence-electron chi connectivity index (χ1n) is 8.27. The molecule has 1 aromatic carbocycles. The molecular formula is C18H25NO4. The Morgan fingerprint density at radius 1 is 1.22 bits per heavy atom. The minimum atomic E-state index is -0.136. The molecule has 1 aromatic rings. The third-order valence-electron chi connectivity index (χ3n) is 5.31. The summed E-state index contributed by atoms with van der Waals surface area (Å²) < 4.78 is 10.7. The molecule has 2 fully saturated rings. The molecule has 2 unspecified atom stereocenters. The number of rotatable bonds is 5. The van der Waals surface area contributed by atoms with Gasteiger partial charge in [0.1, 0.15) is 11.5 Å². The maximum atomic E-state index is 12.4. The van der Waals surface area contributed by atoms with E-state index in [2.05, 4.69) is 0 Å². The summed E-state index contributed by atoms with van der Waals surface area (Å²) >= 11 is 0. The molecule has 0 aromatic heterocycles. The number of methoxy groups -OCH3 is 1. The number of benzene rings is 1. The summed E-state index contributed by atoms with van der Waals surface area (Å²) in [5.74, 6) is 2.50. The number of nitrogens with zero attached hydrogens (tertiary/aromatic N) is 1. The molecule has 4 atom stereocenters. The zero-order chi connectivity index (χ0) is 16.4. The average molecular weight is 319 g/mol. The van der Waals surface area contributed by atoms with Crippen LogP contribution in [0.1, 0.15) is 25.7 Å². The molecule has 2 aliphatic rings. The number of carbonyl (C=O) groups excluding carboxylic acids is 1. The Morgan fingerprint density at radius 3 is 2.52 bits per heavy atom. The highest BCUT2D eigenvalue weighted by Crippen LogP contribution is 2.45. The quantitative estimate of drug-likeness (QED) is 0.903. The fourth-order valence-electron chi connectivity index (χ4n) is 4.01. The van der Waals surface area contributed by atoms with Crippen molar-refractivity contribution >= 4 is 5.91 Å². The lowest BCUT2D eigenvalue weighted by atomic mass is 10.0. The molecule has 3 rings (SSSR count). The molecular weight excluding hydrogens is 294 g/mol. The average Bonchev–Trinajstić information content (AvgIpc) is 3.09. The second kappa shape index (κ2) is 6.79. The SMILES string of the molecule is COc1cccc(OCC(=O)N(C)C2C[C@H]3CC(O)C[C@H]3C2)c1. The van der Waals surface area contributed by atoms with Crippen LogP contribution in [0.15, 0.2) is 24.3 Å². The van der Waals surface area contributed by atoms with Gasteiger partial charge in [-0.15, -0.1) is 0 Å². The van der Waals surface area contributed by atoms with Crippen LogP contribution in [0.4, 0.5) is 0 Å². The van der Waals surface area contributed by atoms with Crippen molar-refractivity contribution < 1.29 is 19.4 Å². The van der Waals surface area contributed by atoms with Crippen LogP contribution in [0, 0.1) is 11.8 Å². The van der Waals surface area contributed by atoms with E-state index >= 15 is 0 Å². The second-order valence-corrected chi connectivity index (χ2v) is 6.74. The van der Waals surface area contributed by atoms with Gasteiger partial charge in [-0.3, -0.25) is 4.79 Å². The van der Waals surface area contributed by atoms with Crippen LogP contribution in [0.25, 0.3) is 0 Å². The number of ether oxygens (including phenoxy) is 2. The first-order valence-corrected chi connectivity index (χ1v) is 8.27. The van der Waals surface area contributed by atoms with E-state index in [9.17, 15) is 9.90 Å². The highest BCUT2D eigenvalue weighted by atomic mass is 16.5. The molecule has 1 N–H and O–H groups in total. The summed E-state index contributed by atoms with van der Waals surface area (Å²) in [6.07, 6.45) is 3.66. The van der Waals surface area contributed by atoms with Crippen LogP contribution in [0.3, 0.4) is 0 Å². The number of aliphatic hydroxyl groups is 1. The Morgan fingerprint density at radius 2 is 1.87 bits per heavy atom. The van der Waals surface area contributed by atoms with Crippen molar-refractivity contribution in [2.24, 2.45) is 11.8 Å². The normalized spacial score (nSPS) is 29.2. The van der Waals surface area contributed by atoms with E-state index in [0.717, 1.165) is 25.7 Å². The molecule has 2 aliphatic carbocycles. The van der Waals surface area contributed by atoms with Crippen LogP contribution in [0.2, 0.25) is 0 Å². The Balaban J connectivity index is 1.50. The van der Waals surface area contributed by atoms with Crippen molar-refractivity contribution in [2.45, 2.75) is 37.8 Å². The van der Waals surface area contributed by atoms with Gasteiger partial charge >= 0.3 is 0 Å². The van der Waals surface area contributed by atoms with E-state index in [1.807, 2.05) is 30.1 Å². The Bertz CT molecular complexity index is 548. The topological polar surface area (TPSA) is 59.0 Å². The number of hydrogen-bond acceptors (Lipinski definition) is 4. The third kappa shape index (κ3) is 3.61. The second-order valence-electron chi connectivity index (χ2n) is 6.74. The van der Waals surface area contributed by atoms with Crippen LogP contribution in [-0.4, -0.2) is 48.8 Å². The van der Waals surface area contributed by atoms with E-state index in [0.29, 0.717) is 23.3 Å². The van der Waals surface area contributed by atoms with Gasteiger partial charge in [-0.05, 0) is 49.7 Å². The molecule has 5 nitrogen and oxygen atoms in total. The molecule has 1 amide bonds. The van der Waals surface area contributed by atoms with E-state index in [-0.39, 0.29) is 24.7 Å². The Hall–Kier alpha value is -1.75. The first kappa shape index (κ1) is 16.1. The van der Waals surface area contributed by atoms with E-state index in [1.54, 1.807) is 13.2 Å². The molecule has 126 valence electrons. The summed E-state index contributed by atoms with van der Waals surface area (Å²) in [6.45, 7) is 0.0398. The Kier molecular flexibility index (Phi) is 4.76. The minimum absolute atomic E-state index is 0.00154. The number of carbonyl (C=O) groups is 1. The number of fused-ring (bicyclic) bond motifs is 1. The Labute approximate surface area is 137 Å². The van der Waals surface area contributed by atoms with Crippen LogP contribution >= 0.6 is 0 Å². The van der Waals surface area contributed by atoms with Crippen LogP contribution in [0.5, 0.6) is 11.5 Å². The van der Waals surface area contributed by atoms with Gasteiger partial charge in [0, 0.05) is 19.2 Å². The van der Waals surface area contributed by atoms with Crippen LogP contribution < -0.4 is 9.47 Å². The minimum Gasteiger partial charge on any atom is -0.497 e. The number of likely N-dealkylation sites (N-methyl/N-ethyl adjacent to an activating group) is 1. The fourth-order valence-corrected chi connectivity index (χ4v) is 4.01. The fraction of sp³-hybridized carbons (Fsp3) is 0.611. The zero-order valence-corrected chi connectivity index (χ0v) is 13.8. The molecule has 0 aliphatic heterocycles. The smallest absolute Gasteiger partial charge is 0.260 e.